The van der Waals surface area contributed by atoms with Crippen molar-refractivity contribution in [3.8, 4) is 0 Å². The number of nitrogens with zero attached hydrogens (tertiary/aromatic N) is 1. The molecule has 0 saturated carbocycles. The quantitative estimate of drug-likeness (QED) is 0.556. The van der Waals surface area contributed by atoms with E-state index in [-0.39, 0.29) is 18.6 Å². The molecule has 1 aliphatic heterocycles. The van der Waals surface area contributed by atoms with Crippen LogP contribution in [-0.2, 0) is 11.3 Å². The first-order chi connectivity index (χ1) is 16.0. The second-order valence-electron chi connectivity index (χ2n) is 8.04. The van der Waals surface area contributed by atoms with E-state index in [4.69, 9.17) is 9.15 Å². The first-order valence-corrected chi connectivity index (χ1v) is 11.1. The number of amides is 2. The predicted octanol–water partition coefficient (Wildman–Crippen LogP) is 3.76. The van der Waals surface area contributed by atoms with Crippen LogP contribution in [0.5, 0.6) is 0 Å². The third-order valence-electron chi connectivity index (χ3n) is 5.70. The second-order valence-corrected chi connectivity index (χ2v) is 8.04. The molecule has 0 radical (unpaired) electrons. The van der Waals surface area contributed by atoms with Gasteiger partial charge in [0.15, 0.2) is 0 Å². The number of benzene rings is 2. The number of rotatable bonds is 6. The van der Waals surface area contributed by atoms with Crippen LogP contribution in [-0.4, -0.2) is 42.6 Å². The summed E-state index contributed by atoms with van der Waals surface area (Å²) in [5.41, 5.74) is 2.01. The van der Waals surface area contributed by atoms with E-state index in [1.165, 1.54) is 6.07 Å². The maximum Gasteiger partial charge on any atom is 0.411 e. The lowest BCUT2D eigenvalue weighted by Crippen LogP contribution is -2.44. The van der Waals surface area contributed by atoms with Crippen LogP contribution in [0.1, 0.15) is 35.7 Å². The van der Waals surface area contributed by atoms with Crippen LogP contribution in [0.2, 0.25) is 0 Å². The molecule has 4 rings (SSSR count). The van der Waals surface area contributed by atoms with Crippen LogP contribution < -0.4 is 16.3 Å². The number of fused-ring (bicyclic) bond motifs is 1. The summed E-state index contributed by atoms with van der Waals surface area (Å²) in [5.74, 6) is -0.0482. The molecule has 0 unspecified atom stereocenters. The van der Waals surface area contributed by atoms with Crippen LogP contribution in [0, 0.1) is 0 Å². The van der Waals surface area contributed by atoms with E-state index in [1.807, 2.05) is 36.4 Å². The maximum absolute atomic E-state index is 12.4. The molecule has 8 nitrogen and oxygen atoms in total. The first kappa shape index (κ1) is 22.5. The van der Waals surface area contributed by atoms with Crippen molar-refractivity contribution in [1.82, 2.24) is 10.2 Å². The van der Waals surface area contributed by atoms with Crippen LogP contribution in [0.4, 0.5) is 10.5 Å². The summed E-state index contributed by atoms with van der Waals surface area (Å²) in [6.45, 7) is 4.22. The van der Waals surface area contributed by atoms with Crippen LogP contribution >= 0.6 is 0 Å². The number of nitrogens with one attached hydrogen (secondary N) is 2. The van der Waals surface area contributed by atoms with Crippen molar-refractivity contribution in [3.63, 3.8) is 0 Å². The molecule has 1 saturated heterocycles. The molecule has 1 aliphatic rings. The van der Waals surface area contributed by atoms with Crippen LogP contribution in [0.3, 0.4) is 0 Å². The van der Waals surface area contributed by atoms with Gasteiger partial charge >= 0.3 is 11.7 Å². The topological polar surface area (TPSA) is 101 Å². The van der Waals surface area contributed by atoms with Crippen molar-refractivity contribution >= 4 is 28.7 Å². The summed E-state index contributed by atoms with van der Waals surface area (Å²) in [4.78, 5) is 38.5. The molecule has 172 valence electrons. The molecule has 2 N–H and O–H groups in total. The molecule has 0 atom stereocenters. The van der Waals surface area contributed by atoms with E-state index in [0.717, 1.165) is 36.9 Å². The van der Waals surface area contributed by atoms with Crippen molar-refractivity contribution in [3.05, 3.63) is 76.1 Å². The Morgan fingerprint density at radius 2 is 1.85 bits per heavy atom. The SMILES string of the molecule is CCOC(=O)Nc1ccc2c(CN3CCC(NC(=O)c4ccccc4)CC3)cc(=O)oc2c1. The maximum atomic E-state index is 12.4. The fraction of sp³-hybridized carbons (Fsp3) is 0.320. The summed E-state index contributed by atoms with van der Waals surface area (Å²) < 4.78 is 10.3. The zero-order valence-corrected chi connectivity index (χ0v) is 18.5. The molecule has 2 heterocycles. The third kappa shape index (κ3) is 5.78. The van der Waals surface area contributed by atoms with Gasteiger partial charge in [-0.15, -0.1) is 0 Å². The Morgan fingerprint density at radius 3 is 2.58 bits per heavy atom. The van der Waals surface area contributed by atoms with E-state index >= 15 is 0 Å². The van der Waals surface area contributed by atoms with Gasteiger partial charge in [0.2, 0.25) is 0 Å². The van der Waals surface area contributed by atoms with E-state index in [9.17, 15) is 14.4 Å². The number of hydrogen-bond acceptors (Lipinski definition) is 6. The third-order valence-corrected chi connectivity index (χ3v) is 5.70. The lowest BCUT2D eigenvalue weighted by atomic mass is 10.0. The van der Waals surface area contributed by atoms with Gasteiger partial charge in [-0.25, -0.2) is 9.59 Å². The average molecular weight is 450 g/mol. The molecule has 0 bridgehead atoms. The molecule has 33 heavy (non-hydrogen) atoms. The first-order valence-electron chi connectivity index (χ1n) is 11.1. The molecule has 2 amide bonds. The number of carbonyl (C=O) groups excluding carboxylic acids is 2. The Kier molecular flexibility index (Phi) is 7.04. The lowest BCUT2D eigenvalue weighted by molar-refractivity contribution is 0.0909. The molecule has 0 spiro atoms. The highest BCUT2D eigenvalue weighted by atomic mass is 16.5. The summed E-state index contributed by atoms with van der Waals surface area (Å²) in [6, 6.07) is 16.1. The van der Waals surface area contributed by atoms with E-state index < -0.39 is 11.7 Å². The summed E-state index contributed by atoms with van der Waals surface area (Å²) in [7, 11) is 0. The summed E-state index contributed by atoms with van der Waals surface area (Å²) in [6.07, 6.45) is 1.12. The average Bonchev–Trinajstić information content (AvgIpc) is 2.80. The summed E-state index contributed by atoms with van der Waals surface area (Å²) >= 11 is 0. The number of ether oxygens (including phenoxy) is 1. The van der Waals surface area contributed by atoms with Gasteiger partial charge in [0, 0.05) is 54.4 Å². The predicted molar refractivity (Wildman–Crippen MR) is 125 cm³/mol. The highest BCUT2D eigenvalue weighted by Crippen LogP contribution is 2.24. The van der Waals surface area contributed by atoms with E-state index in [0.29, 0.717) is 23.4 Å². The van der Waals surface area contributed by atoms with Gasteiger partial charge in [0.1, 0.15) is 5.58 Å². The number of anilines is 1. The van der Waals surface area contributed by atoms with Gasteiger partial charge in [-0.2, -0.15) is 0 Å². The van der Waals surface area contributed by atoms with Crippen LogP contribution in [0.25, 0.3) is 11.0 Å². The molecule has 2 aromatic carbocycles. The molecule has 3 aromatic rings. The summed E-state index contributed by atoms with van der Waals surface area (Å²) in [5, 5.41) is 6.56. The minimum atomic E-state index is -0.558. The van der Waals surface area contributed by atoms with Gasteiger partial charge in [-0.1, -0.05) is 18.2 Å². The normalized spacial score (nSPS) is 14.7. The number of hydrogen-bond donors (Lipinski definition) is 2. The number of piperidine rings is 1. The Hall–Kier alpha value is -3.65. The van der Waals surface area contributed by atoms with Gasteiger partial charge in [0.05, 0.1) is 6.61 Å². The fourth-order valence-corrected chi connectivity index (χ4v) is 4.06. The second kappa shape index (κ2) is 10.3. The Morgan fingerprint density at radius 1 is 1.09 bits per heavy atom. The molecule has 1 fully saturated rings. The lowest BCUT2D eigenvalue weighted by Gasteiger charge is -2.32. The van der Waals surface area contributed by atoms with Gasteiger partial charge in [-0.3, -0.25) is 15.0 Å². The van der Waals surface area contributed by atoms with Crippen LogP contribution in [0.15, 0.2) is 63.8 Å². The standard InChI is InChI=1S/C25H27N3O5/c1-2-32-25(31)27-20-8-9-21-18(14-23(29)33-22(21)15-20)16-28-12-10-19(11-13-28)26-24(30)17-6-4-3-5-7-17/h3-9,14-15,19H,2,10-13,16H2,1H3,(H,26,30)(H,27,31). The number of carbonyl (C=O) groups is 2. The minimum absolute atomic E-state index is 0.0482. The molecule has 8 heteroatoms. The molecule has 1 aromatic heterocycles. The van der Waals surface area contributed by atoms with Crippen molar-refractivity contribution in [2.45, 2.75) is 32.4 Å². The largest absolute Gasteiger partial charge is 0.450 e. The molecular weight excluding hydrogens is 422 g/mol. The minimum Gasteiger partial charge on any atom is -0.450 e. The van der Waals surface area contributed by atoms with E-state index in [2.05, 4.69) is 15.5 Å². The van der Waals surface area contributed by atoms with Gasteiger partial charge in [-0.05, 0) is 49.6 Å². The van der Waals surface area contributed by atoms with Gasteiger partial charge < -0.3 is 14.5 Å². The Bertz CT molecular complexity index is 1180. The van der Waals surface area contributed by atoms with Crippen molar-refractivity contribution in [1.29, 1.82) is 0 Å². The number of likely N-dealkylation sites (tertiary alicyclic amines) is 1. The smallest absolute Gasteiger partial charge is 0.411 e. The van der Waals surface area contributed by atoms with Crippen molar-refractivity contribution in [2.24, 2.45) is 0 Å². The highest BCUT2D eigenvalue weighted by molar-refractivity contribution is 5.94. The Balaban J connectivity index is 1.39. The van der Waals surface area contributed by atoms with E-state index in [1.54, 1.807) is 19.1 Å². The molecular formula is C25H27N3O5. The van der Waals surface area contributed by atoms with Crippen molar-refractivity contribution in [2.75, 3.05) is 25.0 Å². The zero-order valence-electron chi connectivity index (χ0n) is 18.5. The molecule has 0 aliphatic carbocycles. The highest BCUT2D eigenvalue weighted by Gasteiger charge is 2.22. The van der Waals surface area contributed by atoms with Gasteiger partial charge in [0.25, 0.3) is 5.91 Å². The zero-order chi connectivity index (χ0) is 23.2. The monoisotopic (exact) mass is 449 g/mol. The van der Waals surface area contributed by atoms with Crippen molar-refractivity contribution < 1.29 is 18.7 Å². The fourth-order valence-electron chi connectivity index (χ4n) is 4.06. The Labute approximate surface area is 191 Å².